The zero-order chi connectivity index (χ0) is 13.7. The molecule has 0 fully saturated rings. The number of carbonyl (C=O) groups excluding carboxylic acids is 2. The minimum atomic E-state index is -0.521. The summed E-state index contributed by atoms with van der Waals surface area (Å²) >= 11 is 0. The minimum Gasteiger partial charge on any atom is -0.469 e. The summed E-state index contributed by atoms with van der Waals surface area (Å²) in [6, 6.07) is 13.8. The Balaban J connectivity index is 2.21. The number of carbonyl (C=O) groups is 2. The normalized spacial score (nSPS) is 10.8. The van der Waals surface area contributed by atoms with E-state index in [-0.39, 0.29) is 12.2 Å². The Morgan fingerprint density at radius 1 is 1.11 bits per heavy atom. The minimum absolute atomic E-state index is 0.224. The second kappa shape index (κ2) is 5.96. The molecule has 0 saturated carbocycles. The molecular formula is C16H14O3. The number of allylic oxidation sites excluding steroid dienone is 1. The standard InChI is InChI=1S/C16H14O3/c1-19-16(18)11-14(17)10-9-13-7-4-6-12-5-2-3-8-15(12)13/h2-10H,11H2,1H3. The highest BCUT2D eigenvalue weighted by Gasteiger charge is 2.06. The maximum Gasteiger partial charge on any atom is 0.313 e. The van der Waals surface area contributed by atoms with Gasteiger partial charge in [-0.15, -0.1) is 0 Å². The fourth-order valence-corrected chi connectivity index (χ4v) is 1.85. The first kappa shape index (κ1) is 13.0. The Morgan fingerprint density at radius 3 is 2.63 bits per heavy atom. The molecule has 0 unspecified atom stereocenters. The molecule has 0 bridgehead atoms. The van der Waals surface area contributed by atoms with Gasteiger partial charge in [-0.1, -0.05) is 48.5 Å². The van der Waals surface area contributed by atoms with E-state index in [9.17, 15) is 9.59 Å². The third-order valence-corrected chi connectivity index (χ3v) is 2.82. The lowest BCUT2D eigenvalue weighted by Crippen LogP contribution is -2.06. The van der Waals surface area contributed by atoms with Crippen molar-refractivity contribution in [2.45, 2.75) is 6.42 Å². The molecule has 0 spiro atoms. The topological polar surface area (TPSA) is 43.4 Å². The summed E-state index contributed by atoms with van der Waals surface area (Å²) in [4.78, 5) is 22.5. The van der Waals surface area contributed by atoms with E-state index in [0.717, 1.165) is 16.3 Å². The van der Waals surface area contributed by atoms with Gasteiger partial charge in [-0.25, -0.2) is 0 Å². The fourth-order valence-electron chi connectivity index (χ4n) is 1.85. The van der Waals surface area contributed by atoms with Gasteiger partial charge in [-0.05, 0) is 22.4 Å². The summed E-state index contributed by atoms with van der Waals surface area (Å²) in [6.07, 6.45) is 2.92. The number of hydrogen-bond acceptors (Lipinski definition) is 3. The smallest absolute Gasteiger partial charge is 0.313 e. The van der Waals surface area contributed by atoms with E-state index in [4.69, 9.17) is 0 Å². The van der Waals surface area contributed by atoms with Crippen molar-refractivity contribution in [2.24, 2.45) is 0 Å². The van der Waals surface area contributed by atoms with Gasteiger partial charge in [0.2, 0.25) is 0 Å². The molecule has 96 valence electrons. The second-order valence-corrected chi connectivity index (χ2v) is 4.12. The molecule has 3 nitrogen and oxygen atoms in total. The molecule has 19 heavy (non-hydrogen) atoms. The van der Waals surface area contributed by atoms with Crippen LogP contribution in [0.3, 0.4) is 0 Å². The van der Waals surface area contributed by atoms with Crippen LogP contribution in [0.15, 0.2) is 48.5 Å². The molecule has 0 N–H and O–H groups in total. The summed E-state index contributed by atoms with van der Waals surface area (Å²) in [6.45, 7) is 0. The first-order valence-electron chi connectivity index (χ1n) is 5.96. The third-order valence-electron chi connectivity index (χ3n) is 2.82. The first-order chi connectivity index (χ1) is 9.20. The van der Waals surface area contributed by atoms with E-state index in [2.05, 4.69) is 4.74 Å². The Labute approximate surface area is 111 Å². The second-order valence-electron chi connectivity index (χ2n) is 4.12. The predicted octanol–water partition coefficient (Wildman–Crippen LogP) is 2.99. The molecule has 0 atom stereocenters. The van der Waals surface area contributed by atoms with Gasteiger partial charge in [0.25, 0.3) is 0 Å². The van der Waals surface area contributed by atoms with Gasteiger partial charge >= 0.3 is 5.97 Å². The maximum absolute atomic E-state index is 11.5. The van der Waals surface area contributed by atoms with Gasteiger partial charge < -0.3 is 4.74 Å². The Hall–Kier alpha value is -2.42. The number of esters is 1. The monoisotopic (exact) mass is 254 g/mol. The summed E-state index contributed by atoms with van der Waals surface area (Å²) in [5.74, 6) is -0.785. The lowest BCUT2D eigenvalue weighted by molar-refractivity contribution is -0.142. The Kier molecular flexibility index (Phi) is 4.08. The van der Waals surface area contributed by atoms with Crippen LogP contribution in [-0.2, 0) is 14.3 Å². The number of ether oxygens (including phenoxy) is 1. The highest BCUT2D eigenvalue weighted by Crippen LogP contribution is 2.19. The van der Waals surface area contributed by atoms with Crippen LogP contribution in [0.2, 0.25) is 0 Å². The van der Waals surface area contributed by atoms with Crippen molar-refractivity contribution in [3.63, 3.8) is 0 Å². The molecule has 3 heteroatoms. The molecule has 0 aromatic heterocycles. The van der Waals surface area contributed by atoms with Crippen LogP contribution in [0.5, 0.6) is 0 Å². The molecular weight excluding hydrogens is 240 g/mol. The van der Waals surface area contributed by atoms with Gasteiger partial charge in [0, 0.05) is 0 Å². The van der Waals surface area contributed by atoms with Crippen LogP contribution >= 0.6 is 0 Å². The third kappa shape index (κ3) is 3.28. The molecule has 0 aliphatic heterocycles. The van der Waals surface area contributed by atoms with Crippen molar-refractivity contribution in [1.82, 2.24) is 0 Å². The van der Waals surface area contributed by atoms with E-state index < -0.39 is 5.97 Å². The number of fused-ring (bicyclic) bond motifs is 1. The van der Waals surface area contributed by atoms with E-state index in [1.54, 1.807) is 6.08 Å². The molecule has 0 radical (unpaired) electrons. The summed E-state index contributed by atoms with van der Waals surface area (Å²) in [5.41, 5.74) is 0.955. The molecule has 2 rings (SSSR count). The molecule has 2 aromatic rings. The molecule has 0 aliphatic rings. The van der Waals surface area contributed by atoms with Crippen molar-refractivity contribution < 1.29 is 14.3 Å². The lowest BCUT2D eigenvalue weighted by Gasteiger charge is -2.01. The van der Waals surface area contributed by atoms with Crippen molar-refractivity contribution in [1.29, 1.82) is 0 Å². The van der Waals surface area contributed by atoms with Crippen molar-refractivity contribution in [3.05, 3.63) is 54.1 Å². The number of ketones is 1. The number of hydrogen-bond donors (Lipinski definition) is 0. The SMILES string of the molecule is COC(=O)CC(=O)C=Cc1cccc2ccccc12. The van der Waals surface area contributed by atoms with E-state index >= 15 is 0 Å². The zero-order valence-corrected chi connectivity index (χ0v) is 10.6. The van der Waals surface area contributed by atoms with Crippen LogP contribution in [0, 0.1) is 0 Å². The van der Waals surface area contributed by atoms with Crippen LogP contribution in [-0.4, -0.2) is 18.9 Å². The van der Waals surface area contributed by atoms with Crippen molar-refractivity contribution in [3.8, 4) is 0 Å². The molecule has 0 aliphatic carbocycles. The molecule has 0 heterocycles. The Bertz CT molecular complexity index is 636. The van der Waals surface area contributed by atoms with Crippen molar-refractivity contribution in [2.75, 3.05) is 7.11 Å². The lowest BCUT2D eigenvalue weighted by atomic mass is 10.0. The number of methoxy groups -OCH3 is 1. The van der Waals surface area contributed by atoms with Gasteiger partial charge in [-0.3, -0.25) is 9.59 Å². The fraction of sp³-hybridized carbons (Fsp3) is 0.125. The van der Waals surface area contributed by atoms with Crippen molar-refractivity contribution >= 4 is 28.6 Å². The first-order valence-corrected chi connectivity index (χ1v) is 5.96. The van der Waals surface area contributed by atoms with Crippen LogP contribution in [0.4, 0.5) is 0 Å². The quantitative estimate of drug-likeness (QED) is 0.478. The van der Waals surface area contributed by atoms with Crippen LogP contribution in [0.25, 0.3) is 16.8 Å². The van der Waals surface area contributed by atoms with E-state index in [0.29, 0.717) is 0 Å². The number of rotatable bonds is 4. The van der Waals surface area contributed by atoms with Gasteiger partial charge in [-0.2, -0.15) is 0 Å². The summed E-state index contributed by atoms with van der Waals surface area (Å²) in [5, 5.41) is 2.19. The number of benzene rings is 2. The molecule has 0 saturated heterocycles. The average Bonchev–Trinajstić information content (AvgIpc) is 2.44. The van der Waals surface area contributed by atoms with Gasteiger partial charge in [0.15, 0.2) is 5.78 Å². The predicted molar refractivity (Wildman–Crippen MR) is 74.6 cm³/mol. The van der Waals surface area contributed by atoms with Gasteiger partial charge in [0.1, 0.15) is 6.42 Å². The summed E-state index contributed by atoms with van der Waals surface area (Å²) < 4.78 is 4.45. The summed E-state index contributed by atoms with van der Waals surface area (Å²) in [7, 11) is 1.27. The highest BCUT2D eigenvalue weighted by atomic mass is 16.5. The van der Waals surface area contributed by atoms with Crippen LogP contribution < -0.4 is 0 Å². The largest absolute Gasteiger partial charge is 0.469 e. The highest BCUT2D eigenvalue weighted by molar-refractivity contribution is 6.05. The maximum atomic E-state index is 11.5. The van der Waals surface area contributed by atoms with Gasteiger partial charge in [0.05, 0.1) is 7.11 Å². The molecule has 2 aromatic carbocycles. The van der Waals surface area contributed by atoms with Crippen LogP contribution in [0.1, 0.15) is 12.0 Å². The van der Waals surface area contributed by atoms with E-state index in [1.165, 1.54) is 13.2 Å². The van der Waals surface area contributed by atoms with E-state index in [1.807, 2.05) is 42.5 Å². The average molecular weight is 254 g/mol. The zero-order valence-electron chi connectivity index (χ0n) is 10.6. The Morgan fingerprint density at radius 2 is 1.84 bits per heavy atom. The molecule has 0 amide bonds.